The molecule has 0 radical (unpaired) electrons. The van der Waals surface area contributed by atoms with Crippen LogP contribution < -0.4 is 0 Å². The zero-order chi connectivity index (χ0) is 17.8. The molecule has 0 aromatic carbocycles. The minimum Gasteiger partial charge on any atom is -0.465 e. The number of aryl methyl sites for hydroxylation is 1. The average molecular weight is 356 g/mol. The first kappa shape index (κ1) is 17.7. The highest BCUT2D eigenvalue weighted by atomic mass is 16.5. The first-order valence-electron chi connectivity index (χ1n) is 9.59. The second-order valence-corrected chi connectivity index (χ2v) is 7.69. The summed E-state index contributed by atoms with van der Waals surface area (Å²) in [6.45, 7) is 7.15. The molecule has 2 fully saturated rings. The average Bonchev–Trinajstić information content (AvgIpc) is 3.07. The Bertz CT molecular complexity index is 702. The van der Waals surface area contributed by atoms with Gasteiger partial charge in [-0.05, 0) is 49.9 Å². The van der Waals surface area contributed by atoms with Gasteiger partial charge in [0.05, 0.1) is 25.9 Å². The van der Waals surface area contributed by atoms with Gasteiger partial charge in [-0.3, -0.25) is 9.88 Å². The van der Waals surface area contributed by atoms with Crippen LogP contribution in [0, 0.1) is 12.3 Å². The Balaban J connectivity index is 1.40. The SMILES string of the molecule is Cc1ccc(CN2CC[C@H]3OCCC[C@@]3(COCc3cccnc3)C2)o1. The Hall–Kier alpha value is -1.69. The molecule has 5 nitrogen and oxygen atoms in total. The molecular weight excluding hydrogens is 328 g/mol. The summed E-state index contributed by atoms with van der Waals surface area (Å²) >= 11 is 0. The largest absolute Gasteiger partial charge is 0.465 e. The summed E-state index contributed by atoms with van der Waals surface area (Å²) in [6.07, 6.45) is 7.32. The van der Waals surface area contributed by atoms with Gasteiger partial charge in [0.25, 0.3) is 0 Å². The quantitative estimate of drug-likeness (QED) is 0.792. The molecule has 140 valence electrons. The maximum absolute atomic E-state index is 6.15. The number of furan rings is 1. The third kappa shape index (κ3) is 4.00. The number of pyridine rings is 1. The van der Waals surface area contributed by atoms with Gasteiger partial charge in [0, 0.05) is 37.5 Å². The van der Waals surface area contributed by atoms with E-state index in [1.54, 1.807) is 6.20 Å². The number of aromatic nitrogens is 1. The zero-order valence-electron chi connectivity index (χ0n) is 15.5. The summed E-state index contributed by atoms with van der Waals surface area (Å²) in [6, 6.07) is 8.14. The van der Waals surface area contributed by atoms with E-state index in [9.17, 15) is 0 Å². The Labute approximate surface area is 155 Å². The van der Waals surface area contributed by atoms with Gasteiger partial charge >= 0.3 is 0 Å². The highest BCUT2D eigenvalue weighted by Gasteiger charge is 2.46. The second kappa shape index (κ2) is 7.91. The van der Waals surface area contributed by atoms with Gasteiger partial charge in [0.15, 0.2) is 0 Å². The van der Waals surface area contributed by atoms with E-state index < -0.39 is 0 Å². The number of hydrogen-bond acceptors (Lipinski definition) is 5. The summed E-state index contributed by atoms with van der Waals surface area (Å²) in [5.74, 6) is 2.02. The van der Waals surface area contributed by atoms with Gasteiger partial charge in [-0.25, -0.2) is 0 Å². The van der Waals surface area contributed by atoms with Gasteiger partial charge in [-0.15, -0.1) is 0 Å². The molecule has 0 amide bonds. The number of rotatable bonds is 6. The highest BCUT2D eigenvalue weighted by molar-refractivity contribution is 5.08. The van der Waals surface area contributed by atoms with Crippen molar-refractivity contribution < 1.29 is 13.9 Å². The molecule has 0 spiro atoms. The van der Waals surface area contributed by atoms with Crippen molar-refractivity contribution in [2.24, 2.45) is 5.41 Å². The zero-order valence-corrected chi connectivity index (χ0v) is 15.5. The number of ether oxygens (including phenoxy) is 2. The lowest BCUT2D eigenvalue weighted by molar-refractivity contribution is -0.156. The van der Waals surface area contributed by atoms with Crippen LogP contribution >= 0.6 is 0 Å². The van der Waals surface area contributed by atoms with Gasteiger partial charge in [0.2, 0.25) is 0 Å². The van der Waals surface area contributed by atoms with Crippen molar-refractivity contribution in [3.63, 3.8) is 0 Å². The summed E-state index contributed by atoms with van der Waals surface area (Å²) < 4.78 is 18.1. The van der Waals surface area contributed by atoms with Crippen LogP contribution in [0.1, 0.15) is 36.3 Å². The van der Waals surface area contributed by atoms with E-state index in [1.807, 2.05) is 25.3 Å². The van der Waals surface area contributed by atoms with Crippen LogP contribution in [0.15, 0.2) is 41.1 Å². The standard InChI is InChI=1S/C21H28N2O3/c1-17-5-6-19(26-17)13-23-10-7-20-21(15-23,8-3-11-25-20)16-24-14-18-4-2-9-22-12-18/h2,4-6,9,12,20H,3,7-8,10-11,13-16H2,1H3/t20-,21+/m1/s1. The van der Waals surface area contributed by atoms with Gasteiger partial charge in [-0.2, -0.15) is 0 Å². The van der Waals surface area contributed by atoms with E-state index in [2.05, 4.69) is 22.0 Å². The third-order valence-electron chi connectivity index (χ3n) is 5.62. The lowest BCUT2D eigenvalue weighted by Gasteiger charge is -2.50. The molecule has 2 aliphatic heterocycles. The molecule has 26 heavy (non-hydrogen) atoms. The molecule has 2 aliphatic rings. The van der Waals surface area contributed by atoms with Crippen LogP contribution in [0.25, 0.3) is 0 Å². The minimum atomic E-state index is 0.0837. The van der Waals surface area contributed by atoms with Crippen LogP contribution in [0.2, 0.25) is 0 Å². The number of likely N-dealkylation sites (tertiary alicyclic amines) is 1. The molecule has 2 atom stereocenters. The third-order valence-corrected chi connectivity index (χ3v) is 5.62. The lowest BCUT2D eigenvalue weighted by Crippen LogP contribution is -2.56. The van der Waals surface area contributed by atoms with Crippen LogP contribution in [-0.4, -0.2) is 42.3 Å². The van der Waals surface area contributed by atoms with Crippen molar-refractivity contribution in [3.8, 4) is 0 Å². The van der Waals surface area contributed by atoms with Crippen molar-refractivity contribution in [1.82, 2.24) is 9.88 Å². The monoisotopic (exact) mass is 356 g/mol. The van der Waals surface area contributed by atoms with Crippen molar-refractivity contribution in [1.29, 1.82) is 0 Å². The molecule has 0 saturated carbocycles. The first-order chi connectivity index (χ1) is 12.7. The van der Waals surface area contributed by atoms with Crippen LogP contribution in [0.4, 0.5) is 0 Å². The molecular formula is C21H28N2O3. The van der Waals surface area contributed by atoms with Crippen molar-refractivity contribution in [3.05, 3.63) is 53.7 Å². The van der Waals surface area contributed by atoms with Crippen molar-refractivity contribution in [2.45, 2.75) is 45.4 Å². The Morgan fingerprint density at radius 1 is 1.35 bits per heavy atom. The number of hydrogen-bond donors (Lipinski definition) is 0. The van der Waals surface area contributed by atoms with Gasteiger partial charge < -0.3 is 13.9 Å². The van der Waals surface area contributed by atoms with E-state index in [-0.39, 0.29) is 5.41 Å². The fourth-order valence-corrected chi connectivity index (χ4v) is 4.37. The molecule has 4 heterocycles. The molecule has 2 aromatic heterocycles. The number of nitrogens with zero attached hydrogens (tertiary/aromatic N) is 2. The maximum atomic E-state index is 6.15. The molecule has 0 bridgehead atoms. The van der Waals surface area contributed by atoms with Crippen LogP contribution in [0.3, 0.4) is 0 Å². The van der Waals surface area contributed by atoms with Crippen LogP contribution in [-0.2, 0) is 22.6 Å². The minimum absolute atomic E-state index is 0.0837. The van der Waals surface area contributed by atoms with Gasteiger partial charge in [-0.1, -0.05) is 6.07 Å². The topological polar surface area (TPSA) is 47.7 Å². The Morgan fingerprint density at radius 3 is 3.12 bits per heavy atom. The summed E-state index contributed by atoms with van der Waals surface area (Å²) in [7, 11) is 0. The van der Waals surface area contributed by atoms with Crippen LogP contribution in [0.5, 0.6) is 0 Å². The van der Waals surface area contributed by atoms with Crippen molar-refractivity contribution in [2.75, 3.05) is 26.3 Å². The smallest absolute Gasteiger partial charge is 0.118 e. The van der Waals surface area contributed by atoms with E-state index >= 15 is 0 Å². The molecule has 0 unspecified atom stereocenters. The predicted molar refractivity (Wildman–Crippen MR) is 98.6 cm³/mol. The lowest BCUT2D eigenvalue weighted by atomic mass is 9.73. The first-order valence-corrected chi connectivity index (χ1v) is 9.59. The molecule has 5 heteroatoms. The fraction of sp³-hybridized carbons (Fsp3) is 0.571. The van der Waals surface area contributed by atoms with Crippen molar-refractivity contribution >= 4 is 0 Å². The molecule has 0 aliphatic carbocycles. The summed E-state index contributed by atoms with van der Waals surface area (Å²) in [4.78, 5) is 6.66. The molecule has 2 saturated heterocycles. The molecule has 0 N–H and O–H groups in total. The van der Waals surface area contributed by atoms with E-state index in [4.69, 9.17) is 13.9 Å². The highest BCUT2D eigenvalue weighted by Crippen LogP contribution is 2.41. The van der Waals surface area contributed by atoms with E-state index in [0.717, 1.165) is 62.8 Å². The molecule has 4 rings (SSSR count). The normalized spacial score (nSPS) is 26.6. The van der Waals surface area contributed by atoms with E-state index in [1.165, 1.54) is 6.42 Å². The predicted octanol–water partition coefficient (Wildman–Crippen LogP) is 3.57. The fourth-order valence-electron chi connectivity index (χ4n) is 4.37. The van der Waals surface area contributed by atoms with E-state index in [0.29, 0.717) is 12.7 Å². The second-order valence-electron chi connectivity index (χ2n) is 7.69. The number of fused-ring (bicyclic) bond motifs is 1. The summed E-state index contributed by atoms with van der Waals surface area (Å²) in [5.41, 5.74) is 1.20. The Kier molecular flexibility index (Phi) is 5.38. The van der Waals surface area contributed by atoms with Gasteiger partial charge in [0.1, 0.15) is 11.5 Å². The summed E-state index contributed by atoms with van der Waals surface area (Å²) in [5, 5.41) is 0. The Morgan fingerprint density at radius 2 is 2.31 bits per heavy atom. The maximum Gasteiger partial charge on any atom is 0.118 e. The number of piperidine rings is 1. The molecule has 2 aromatic rings.